The van der Waals surface area contributed by atoms with Crippen LogP contribution in [0.15, 0.2) is 53.9 Å². The van der Waals surface area contributed by atoms with Gasteiger partial charge in [0.25, 0.3) is 11.6 Å². The van der Waals surface area contributed by atoms with Gasteiger partial charge in [-0.1, -0.05) is 29.8 Å². The molecule has 0 unspecified atom stereocenters. The first-order valence-electron chi connectivity index (χ1n) is 9.93. The van der Waals surface area contributed by atoms with Crippen LogP contribution in [0.4, 0.5) is 11.4 Å². The zero-order valence-electron chi connectivity index (χ0n) is 17.1. The maximum absolute atomic E-state index is 12.8. The molecule has 0 atom stereocenters. The summed E-state index contributed by atoms with van der Waals surface area (Å²) in [5.74, 6) is 0.639. The summed E-state index contributed by atoms with van der Waals surface area (Å²) < 4.78 is 5.74. The SMILES string of the molecule is Cc1ccc(OCc2nc(C(=O)N3CCN(c4ccccc4[N+](=O)[O-])CC3)cs2)cc1. The Morgan fingerprint density at radius 1 is 1.13 bits per heavy atom. The van der Waals surface area contributed by atoms with Gasteiger partial charge in [-0.25, -0.2) is 4.98 Å². The predicted octanol–water partition coefficient (Wildman–Crippen LogP) is 3.90. The van der Waals surface area contributed by atoms with Crippen LogP contribution < -0.4 is 9.64 Å². The van der Waals surface area contributed by atoms with E-state index in [1.807, 2.05) is 36.1 Å². The number of nitro benzene ring substituents is 1. The van der Waals surface area contributed by atoms with Gasteiger partial charge in [-0.2, -0.15) is 0 Å². The largest absolute Gasteiger partial charge is 0.486 e. The number of hydrogen-bond donors (Lipinski definition) is 0. The summed E-state index contributed by atoms with van der Waals surface area (Å²) in [6.07, 6.45) is 0. The Hall–Kier alpha value is -3.46. The zero-order chi connectivity index (χ0) is 21.8. The molecule has 31 heavy (non-hydrogen) atoms. The number of thiazole rings is 1. The van der Waals surface area contributed by atoms with Crippen LogP contribution >= 0.6 is 11.3 Å². The van der Waals surface area contributed by atoms with E-state index in [0.717, 1.165) is 16.3 Å². The second kappa shape index (κ2) is 9.13. The molecular weight excluding hydrogens is 416 g/mol. The summed E-state index contributed by atoms with van der Waals surface area (Å²) >= 11 is 1.40. The van der Waals surface area contributed by atoms with Crippen LogP contribution in [0.3, 0.4) is 0 Å². The maximum Gasteiger partial charge on any atom is 0.292 e. The van der Waals surface area contributed by atoms with Crippen molar-refractivity contribution in [2.24, 2.45) is 0 Å². The number of benzene rings is 2. The highest BCUT2D eigenvalue weighted by Gasteiger charge is 2.27. The second-order valence-electron chi connectivity index (χ2n) is 7.25. The normalized spacial score (nSPS) is 13.8. The molecule has 1 aliphatic heterocycles. The molecule has 3 aromatic rings. The van der Waals surface area contributed by atoms with E-state index in [0.29, 0.717) is 44.2 Å². The average molecular weight is 439 g/mol. The number of aryl methyl sites for hydroxylation is 1. The molecule has 0 bridgehead atoms. The van der Waals surface area contributed by atoms with Crippen molar-refractivity contribution in [2.45, 2.75) is 13.5 Å². The number of aromatic nitrogens is 1. The van der Waals surface area contributed by atoms with Crippen molar-refractivity contribution in [3.05, 3.63) is 80.3 Å². The number of rotatable bonds is 6. The Balaban J connectivity index is 1.34. The number of carbonyl (C=O) groups excluding carboxylic acids is 1. The molecule has 0 N–H and O–H groups in total. The van der Waals surface area contributed by atoms with E-state index < -0.39 is 0 Å². The first-order valence-corrected chi connectivity index (χ1v) is 10.8. The molecule has 1 amide bonds. The van der Waals surface area contributed by atoms with Crippen LogP contribution in [0.1, 0.15) is 21.1 Å². The third-order valence-electron chi connectivity index (χ3n) is 5.14. The highest BCUT2D eigenvalue weighted by molar-refractivity contribution is 7.09. The van der Waals surface area contributed by atoms with Crippen LogP contribution in [0, 0.1) is 17.0 Å². The van der Waals surface area contributed by atoms with Gasteiger partial charge in [-0.05, 0) is 25.1 Å². The van der Waals surface area contributed by atoms with Crippen molar-refractivity contribution in [3.8, 4) is 5.75 Å². The number of nitrogens with zero attached hydrogens (tertiary/aromatic N) is 4. The van der Waals surface area contributed by atoms with Crippen molar-refractivity contribution < 1.29 is 14.5 Å². The average Bonchev–Trinajstić information content (AvgIpc) is 3.27. The van der Waals surface area contributed by atoms with E-state index in [9.17, 15) is 14.9 Å². The number of para-hydroxylation sites is 2. The molecule has 1 fully saturated rings. The van der Waals surface area contributed by atoms with Crippen molar-refractivity contribution in [1.82, 2.24) is 9.88 Å². The fourth-order valence-corrected chi connectivity index (χ4v) is 4.13. The quantitative estimate of drug-likeness (QED) is 0.428. The van der Waals surface area contributed by atoms with Gasteiger partial charge < -0.3 is 14.5 Å². The van der Waals surface area contributed by atoms with Crippen LogP contribution in [0.25, 0.3) is 0 Å². The molecule has 1 aliphatic rings. The van der Waals surface area contributed by atoms with E-state index >= 15 is 0 Å². The lowest BCUT2D eigenvalue weighted by Crippen LogP contribution is -2.49. The number of amides is 1. The Kier molecular flexibility index (Phi) is 6.13. The lowest BCUT2D eigenvalue weighted by molar-refractivity contribution is -0.384. The minimum Gasteiger partial charge on any atom is -0.486 e. The van der Waals surface area contributed by atoms with Crippen LogP contribution in [0.5, 0.6) is 5.75 Å². The molecule has 2 aromatic carbocycles. The monoisotopic (exact) mass is 438 g/mol. The predicted molar refractivity (Wildman–Crippen MR) is 119 cm³/mol. The molecule has 1 saturated heterocycles. The van der Waals surface area contributed by atoms with Gasteiger partial charge in [0.15, 0.2) is 0 Å². The summed E-state index contributed by atoms with van der Waals surface area (Å²) in [4.78, 5) is 31.9. The lowest BCUT2D eigenvalue weighted by atomic mass is 10.2. The maximum atomic E-state index is 12.8. The Bertz CT molecular complexity index is 1080. The molecule has 8 nitrogen and oxygen atoms in total. The lowest BCUT2D eigenvalue weighted by Gasteiger charge is -2.35. The number of carbonyl (C=O) groups is 1. The van der Waals surface area contributed by atoms with Crippen molar-refractivity contribution in [1.29, 1.82) is 0 Å². The molecular formula is C22H22N4O4S. The zero-order valence-corrected chi connectivity index (χ0v) is 17.9. The van der Waals surface area contributed by atoms with Crippen LogP contribution in [-0.2, 0) is 6.61 Å². The first kappa shape index (κ1) is 20.8. The molecule has 9 heteroatoms. The molecule has 0 radical (unpaired) electrons. The third kappa shape index (κ3) is 4.83. The Labute approximate surface area is 183 Å². The summed E-state index contributed by atoms with van der Waals surface area (Å²) in [6.45, 7) is 4.36. The van der Waals surface area contributed by atoms with Gasteiger partial charge in [0.05, 0.1) is 4.92 Å². The van der Waals surface area contributed by atoms with Crippen LogP contribution in [-0.4, -0.2) is 46.9 Å². The number of piperazine rings is 1. The summed E-state index contributed by atoms with van der Waals surface area (Å²) in [6, 6.07) is 14.5. The van der Waals surface area contributed by atoms with Gasteiger partial charge >= 0.3 is 0 Å². The summed E-state index contributed by atoms with van der Waals surface area (Å²) in [5.41, 5.74) is 2.24. The molecule has 0 saturated carbocycles. The third-order valence-corrected chi connectivity index (χ3v) is 5.96. The Morgan fingerprint density at radius 3 is 2.55 bits per heavy atom. The minimum atomic E-state index is -0.373. The molecule has 2 heterocycles. The van der Waals surface area contributed by atoms with Crippen molar-refractivity contribution >= 4 is 28.6 Å². The van der Waals surface area contributed by atoms with Crippen molar-refractivity contribution in [2.75, 3.05) is 31.1 Å². The van der Waals surface area contributed by atoms with Gasteiger partial charge in [-0.3, -0.25) is 14.9 Å². The topological polar surface area (TPSA) is 88.8 Å². The van der Waals surface area contributed by atoms with Crippen molar-refractivity contribution in [3.63, 3.8) is 0 Å². The van der Waals surface area contributed by atoms with E-state index in [-0.39, 0.29) is 16.5 Å². The molecule has 0 spiro atoms. The number of hydrogen-bond acceptors (Lipinski definition) is 7. The van der Waals surface area contributed by atoms with Gasteiger partial charge in [0, 0.05) is 37.6 Å². The van der Waals surface area contributed by atoms with E-state index in [1.165, 1.54) is 17.4 Å². The number of ether oxygens (including phenoxy) is 1. The summed E-state index contributed by atoms with van der Waals surface area (Å²) in [5, 5.41) is 13.8. The van der Waals surface area contributed by atoms with Gasteiger partial charge in [-0.15, -0.1) is 11.3 Å². The second-order valence-corrected chi connectivity index (χ2v) is 8.20. The van der Waals surface area contributed by atoms with Crippen LogP contribution in [0.2, 0.25) is 0 Å². The summed E-state index contributed by atoms with van der Waals surface area (Å²) in [7, 11) is 0. The molecule has 4 rings (SSSR count). The van der Waals surface area contributed by atoms with E-state index in [2.05, 4.69) is 4.98 Å². The highest BCUT2D eigenvalue weighted by Crippen LogP contribution is 2.28. The molecule has 160 valence electrons. The van der Waals surface area contributed by atoms with Gasteiger partial charge in [0.2, 0.25) is 0 Å². The standard InChI is InChI=1S/C22H22N4O4S/c1-16-6-8-17(9-7-16)30-14-21-23-18(15-31-21)22(27)25-12-10-24(11-13-25)19-4-2-3-5-20(19)26(28)29/h2-9,15H,10-14H2,1H3. The molecule has 1 aromatic heterocycles. The first-order chi connectivity index (χ1) is 15.0. The number of anilines is 1. The molecule has 0 aliphatic carbocycles. The smallest absolute Gasteiger partial charge is 0.292 e. The minimum absolute atomic E-state index is 0.0833. The van der Waals surface area contributed by atoms with E-state index in [1.54, 1.807) is 28.5 Å². The van der Waals surface area contributed by atoms with E-state index in [4.69, 9.17) is 4.74 Å². The fourth-order valence-electron chi connectivity index (χ4n) is 3.45. The highest BCUT2D eigenvalue weighted by atomic mass is 32.1. The Morgan fingerprint density at radius 2 is 1.84 bits per heavy atom. The van der Waals surface area contributed by atoms with Gasteiger partial charge in [0.1, 0.15) is 28.7 Å². The number of nitro groups is 1. The fraction of sp³-hybridized carbons (Fsp3) is 0.273.